The number of ether oxygens (including phenoxy) is 1. The maximum Gasteiger partial charge on any atom is 0.0818 e. The van der Waals surface area contributed by atoms with Crippen LogP contribution in [0.3, 0.4) is 0 Å². The number of rotatable bonds is 12. The first-order valence-corrected chi connectivity index (χ1v) is 13.1. The van der Waals surface area contributed by atoms with Crippen molar-refractivity contribution >= 4 is 0 Å². The second-order valence-corrected chi connectivity index (χ2v) is 9.74. The van der Waals surface area contributed by atoms with Crippen molar-refractivity contribution in [2.24, 2.45) is 11.8 Å². The van der Waals surface area contributed by atoms with Crippen molar-refractivity contribution in [1.29, 1.82) is 0 Å². The van der Waals surface area contributed by atoms with E-state index < -0.39 is 0 Å². The van der Waals surface area contributed by atoms with E-state index in [-0.39, 0.29) is 6.10 Å². The van der Waals surface area contributed by atoms with E-state index >= 15 is 0 Å². The Hall–Kier alpha value is -1.86. The van der Waals surface area contributed by atoms with Gasteiger partial charge in [-0.15, -0.1) is 0 Å². The van der Waals surface area contributed by atoms with Gasteiger partial charge in [0.1, 0.15) is 0 Å². The number of aryl methyl sites for hydroxylation is 2. The lowest BCUT2D eigenvalue weighted by Gasteiger charge is -2.28. The van der Waals surface area contributed by atoms with Crippen LogP contribution in [0.15, 0.2) is 60.7 Å². The summed E-state index contributed by atoms with van der Waals surface area (Å²) in [5.74, 6) is 1.85. The minimum absolute atomic E-state index is 0.236. The molecule has 1 aliphatic carbocycles. The quantitative estimate of drug-likeness (QED) is 0.305. The van der Waals surface area contributed by atoms with E-state index in [1.54, 1.807) is 7.11 Å². The van der Waals surface area contributed by atoms with Gasteiger partial charge in [0.05, 0.1) is 6.10 Å². The Morgan fingerprint density at radius 2 is 1.25 bits per heavy atom. The van der Waals surface area contributed by atoms with Crippen LogP contribution in [-0.2, 0) is 24.0 Å². The van der Waals surface area contributed by atoms with Crippen molar-refractivity contribution in [3.05, 3.63) is 82.9 Å². The van der Waals surface area contributed by atoms with E-state index in [0.29, 0.717) is 0 Å². The van der Waals surface area contributed by atoms with Crippen molar-refractivity contribution in [2.75, 3.05) is 7.11 Å². The summed E-state index contributed by atoms with van der Waals surface area (Å²) in [4.78, 5) is 0. The van der Waals surface area contributed by atoms with E-state index in [1.165, 1.54) is 73.6 Å². The Labute approximate surface area is 197 Å². The van der Waals surface area contributed by atoms with E-state index in [1.807, 2.05) is 0 Å². The Kier molecular flexibility index (Phi) is 10.6. The summed E-state index contributed by atoms with van der Waals surface area (Å²) >= 11 is 0. The minimum Gasteiger partial charge on any atom is -0.377 e. The maximum absolute atomic E-state index is 5.56. The first kappa shape index (κ1) is 24.8. The van der Waals surface area contributed by atoms with Gasteiger partial charge in [-0.25, -0.2) is 0 Å². The molecule has 0 N–H and O–H groups in total. The van der Waals surface area contributed by atoms with Gasteiger partial charge in [-0.3, -0.25) is 0 Å². The van der Waals surface area contributed by atoms with E-state index in [2.05, 4.69) is 74.5 Å². The molecule has 1 unspecified atom stereocenters. The van der Waals surface area contributed by atoms with Crippen LogP contribution in [0.2, 0.25) is 0 Å². The summed E-state index contributed by atoms with van der Waals surface area (Å²) in [6, 6.07) is 18.5. The normalized spacial score (nSPS) is 20.0. The molecule has 1 fully saturated rings. The fourth-order valence-corrected chi connectivity index (χ4v) is 5.22. The summed E-state index contributed by atoms with van der Waals surface area (Å²) in [7, 11) is 1.81. The topological polar surface area (TPSA) is 9.23 Å². The van der Waals surface area contributed by atoms with Gasteiger partial charge < -0.3 is 4.74 Å². The first-order valence-electron chi connectivity index (χ1n) is 13.1. The maximum atomic E-state index is 5.56. The highest BCUT2D eigenvalue weighted by Crippen LogP contribution is 2.34. The van der Waals surface area contributed by atoms with Gasteiger partial charge in [-0.2, -0.15) is 0 Å². The third kappa shape index (κ3) is 7.93. The smallest absolute Gasteiger partial charge is 0.0818 e. The largest absolute Gasteiger partial charge is 0.377 e. The molecule has 0 heterocycles. The molecule has 174 valence electrons. The summed E-state index contributed by atoms with van der Waals surface area (Å²) in [6.07, 6.45) is 18.9. The molecule has 1 atom stereocenters. The molecule has 0 bridgehead atoms. The average molecular weight is 433 g/mol. The van der Waals surface area contributed by atoms with Crippen LogP contribution in [0.1, 0.15) is 93.6 Å². The monoisotopic (exact) mass is 432 g/mol. The lowest BCUT2D eigenvalue weighted by molar-refractivity contribution is 0.100. The first-order chi connectivity index (χ1) is 15.7. The van der Waals surface area contributed by atoms with Crippen LogP contribution < -0.4 is 0 Å². The van der Waals surface area contributed by atoms with Crippen molar-refractivity contribution in [3.8, 4) is 0 Å². The zero-order valence-corrected chi connectivity index (χ0v) is 20.7. The molecule has 32 heavy (non-hydrogen) atoms. The second-order valence-electron chi connectivity index (χ2n) is 9.74. The number of benzene rings is 2. The van der Waals surface area contributed by atoms with Crippen LogP contribution in [0.4, 0.5) is 0 Å². The van der Waals surface area contributed by atoms with Crippen molar-refractivity contribution < 1.29 is 4.74 Å². The Morgan fingerprint density at radius 1 is 0.750 bits per heavy atom. The average Bonchev–Trinajstić information content (AvgIpc) is 2.84. The minimum atomic E-state index is 0.236. The highest BCUT2D eigenvalue weighted by molar-refractivity contribution is 5.25. The second kappa shape index (κ2) is 13.6. The van der Waals surface area contributed by atoms with Crippen molar-refractivity contribution in [3.63, 3.8) is 0 Å². The summed E-state index contributed by atoms with van der Waals surface area (Å²) in [6.45, 7) is 4.37. The van der Waals surface area contributed by atoms with E-state index in [0.717, 1.165) is 31.1 Å². The molecule has 0 aliphatic heterocycles. The molecule has 0 amide bonds. The molecule has 3 rings (SSSR count). The summed E-state index contributed by atoms with van der Waals surface area (Å²) in [5, 5.41) is 0. The van der Waals surface area contributed by atoms with Crippen LogP contribution in [-0.4, -0.2) is 7.11 Å². The molecule has 1 saturated carbocycles. The molecule has 1 heteroatoms. The molecule has 0 spiro atoms. The van der Waals surface area contributed by atoms with Crippen LogP contribution in [0, 0.1) is 11.8 Å². The molecular weight excluding hydrogens is 388 g/mol. The zero-order valence-electron chi connectivity index (χ0n) is 20.7. The van der Waals surface area contributed by atoms with Gasteiger partial charge in [-0.05, 0) is 79.0 Å². The van der Waals surface area contributed by atoms with Gasteiger partial charge in [0.15, 0.2) is 0 Å². The molecule has 2 aromatic carbocycles. The fourth-order valence-electron chi connectivity index (χ4n) is 5.22. The van der Waals surface area contributed by atoms with Gasteiger partial charge in [0.25, 0.3) is 0 Å². The molecular formula is C31H44O. The molecule has 0 radical (unpaired) electrons. The lowest BCUT2D eigenvalue weighted by Crippen LogP contribution is -2.15. The van der Waals surface area contributed by atoms with E-state index in [4.69, 9.17) is 4.74 Å². The standard InChI is InChI=1S/C31H44O/c1-4-6-7-8-25-9-11-26(12-10-25)13-14-27-15-17-28(18-16-27)19-20-29-21-23-30(24-22-29)31(5-2)32-3/h6-7,9-12,21-24,27-28,31H,4-5,8,13-20H2,1-3H3/b7-6+/t27-,28-,31?. The zero-order chi connectivity index (χ0) is 22.6. The van der Waals surface area contributed by atoms with Gasteiger partial charge >= 0.3 is 0 Å². The highest BCUT2D eigenvalue weighted by atomic mass is 16.5. The predicted octanol–water partition coefficient (Wildman–Crippen LogP) is 8.66. The van der Waals surface area contributed by atoms with Crippen molar-refractivity contribution in [1.82, 2.24) is 0 Å². The van der Waals surface area contributed by atoms with Crippen LogP contribution in [0.25, 0.3) is 0 Å². The Bertz CT molecular complexity index is 774. The number of allylic oxidation sites excluding steroid dienone is 2. The van der Waals surface area contributed by atoms with Gasteiger partial charge in [-0.1, -0.05) is 100 Å². The van der Waals surface area contributed by atoms with Gasteiger partial charge in [0.2, 0.25) is 0 Å². The van der Waals surface area contributed by atoms with E-state index in [9.17, 15) is 0 Å². The number of methoxy groups -OCH3 is 1. The molecule has 2 aromatic rings. The Morgan fingerprint density at radius 3 is 1.72 bits per heavy atom. The van der Waals surface area contributed by atoms with Crippen LogP contribution in [0.5, 0.6) is 0 Å². The fraction of sp³-hybridized carbons (Fsp3) is 0.548. The summed E-state index contributed by atoms with van der Waals surface area (Å²) in [5.41, 5.74) is 5.73. The Balaban J connectivity index is 1.34. The molecule has 0 aromatic heterocycles. The lowest BCUT2D eigenvalue weighted by atomic mass is 9.77. The number of hydrogen-bond donors (Lipinski definition) is 0. The summed E-state index contributed by atoms with van der Waals surface area (Å²) < 4.78 is 5.56. The van der Waals surface area contributed by atoms with Crippen molar-refractivity contribution in [2.45, 2.75) is 90.6 Å². The van der Waals surface area contributed by atoms with Gasteiger partial charge in [0, 0.05) is 7.11 Å². The molecule has 1 aliphatic rings. The molecule has 0 saturated heterocycles. The highest BCUT2D eigenvalue weighted by Gasteiger charge is 2.21. The third-order valence-corrected chi connectivity index (χ3v) is 7.43. The number of hydrogen-bond acceptors (Lipinski definition) is 1. The predicted molar refractivity (Wildman–Crippen MR) is 138 cm³/mol. The molecule has 1 nitrogen and oxygen atoms in total. The third-order valence-electron chi connectivity index (χ3n) is 7.43. The van der Waals surface area contributed by atoms with Crippen LogP contribution >= 0.6 is 0 Å². The SMILES string of the molecule is CC/C=C/Cc1ccc(CC[C@H]2CC[C@H](CCc3ccc(C(CC)OC)cc3)CC2)cc1.